The van der Waals surface area contributed by atoms with E-state index < -0.39 is 11.6 Å². The van der Waals surface area contributed by atoms with Crippen LogP contribution >= 0.6 is 0 Å². The lowest BCUT2D eigenvalue weighted by Gasteiger charge is -2.11. The molecule has 1 aromatic rings. The minimum Gasteiger partial charge on any atom is -0.491 e. The van der Waals surface area contributed by atoms with Gasteiger partial charge in [0.25, 0.3) is 5.91 Å². The van der Waals surface area contributed by atoms with Crippen molar-refractivity contribution < 1.29 is 13.9 Å². The second kappa shape index (κ2) is 4.59. The van der Waals surface area contributed by atoms with Gasteiger partial charge < -0.3 is 10.1 Å². The van der Waals surface area contributed by atoms with Gasteiger partial charge in [-0.05, 0) is 44.5 Å². The number of ether oxygens (including phenoxy) is 1. The van der Waals surface area contributed by atoms with E-state index in [1.807, 2.05) is 13.8 Å². The number of hydrogen-bond acceptors (Lipinski definition) is 2. The van der Waals surface area contributed by atoms with Gasteiger partial charge in [-0.3, -0.25) is 4.79 Å². The number of halogens is 1. The third kappa shape index (κ3) is 2.63. The summed E-state index contributed by atoms with van der Waals surface area (Å²) in [5, 5.41) is 2.59. The Hall–Kier alpha value is -1.58. The Morgan fingerprint density at radius 3 is 2.44 bits per heavy atom. The molecule has 98 valence electrons. The van der Waals surface area contributed by atoms with Gasteiger partial charge in [-0.25, -0.2) is 4.39 Å². The van der Waals surface area contributed by atoms with E-state index in [2.05, 4.69) is 5.32 Å². The molecular weight excluding hydrogens is 233 g/mol. The van der Waals surface area contributed by atoms with Gasteiger partial charge in [0.1, 0.15) is 5.75 Å². The molecule has 0 spiro atoms. The van der Waals surface area contributed by atoms with Crippen LogP contribution in [0.2, 0.25) is 0 Å². The minimum absolute atomic E-state index is 0.104. The van der Waals surface area contributed by atoms with E-state index in [0.717, 1.165) is 5.75 Å². The predicted molar refractivity (Wildman–Crippen MR) is 68.5 cm³/mol. The average Bonchev–Trinajstić information content (AvgIpc) is 2.90. The van der Waals surface area contributed by atoms with Crippen molar-refractivity contribution in [2.24, 2.45) is 5.92 Å². The molecule has 3 nitrogen and oxygen atoms in total. The van der Waals surface area contributed by atoms with Gasteiger partial charge in [-0.2, -0.15) is 0 Å². The van der Waals surface area contributed by atoms with Crippen molar-refractivity contribution in [3.63, 3.8) is 0 Å². The lowest BCUT2D eigenvalue weighted by Crippen LogP contribution is -2.27. The van der Waals surface area contributed by atoms with Crippen LogP contribution in [-0.2, 0) is 4.79 Å². The van der Waals surface area contributed by atoms with Gasteiger partial charge in [0.05, 0.1) is 6.10 Å². The fourth-order valence-electron chi connectivity index (χ4n) is 1.83. The van der Waals surface area contributed by atoms with E-state index >= 15 is 0 Å². The summed E-state index contributed by atoms with van der Waals surface area (Å²) < 4.78 is 19.3. The zero-order valence-electron chi connectivity index (χ0n) is 10.9. The third-order valence-corrected chi connectivity index (χ3v) is 3.09. The summed E-state index contributed by atoms with van der Waals surface area (Å²) in [5.41, 5.74) is -1.08. The summed E-state index contributed by atoms with van der Waals surface area (Å²) in [6.07, 6.45) is 0.416. The highest BCUT2D eigenvalue weighted by Crippen LogP contribution is 2.47. The molecule has 1 amide bonds. The van der Waals surface area contributed by atoms with Crippen LogP contribution in [0.5, 0.6) is 5.75 Å². The van der Waals surface area contributed by atoms with Gasteiger partial charge >= 0.3 is 0 Å². The maximum absolute atomic E-state index is 13.8. The van der Waals surface area contributed by atoms with Crippen molar-refractivity contribution in [3.8, 4) is 5.75 Å². The summed E-state index contributed by atoms with van der Waals surface area (Å²) in [7, 11) is 0. The normalized spacial score (nSPS) is 25.9. The van der Waals surface area contributed by atoms with Crippen molar-refractivity contribution in [1.29, 1.82) is 0 Å². The van der Waals surface area contributed by atoms with Crippen LogP contribution in [0, 0.1) is 5.92 Å². The number of amides is 1. The molecule has 2 unspecified atom stereocenters. The van der Waals surface area contributed by atoms with E-state index in [1.54, 1.807) is 31.2 Å². The average molecular weight is 251 g/mol. The topological polar surface area (TPSA) is 38.3 Å². The molecule has 0 radical (unpaired) electrons. The van der Waals surface area contributed by atoms with Gasteiger partial charge in [0.2, 0.25) is 0 Å². The first kappa shape index (κ1) is 12.9. The maximum atomic E-state index is 13.8. The van der Waals surface area contributed by atoms with Gasteiger partial charge in [-0.1, -0.05) is 6.92 Å². The second-order valence-electron chi connectivity index (χ2n) is 5.11. The van der Waals surface area contributed by atoms with Gasteiger partial charge in [0.15, 0.2) is 5.67 Å². The number of carbonyl (C=O) groups is 1. The van der Waals surface area contributed by atoms with E-state index in [9.17, 15) is 9.18 Å². The molecule has 0 heterocycles. The lowest BCUT2D eigenvalue weighted by molar-refractivity contribution is -0.122. The largest absolute Gasteiger partial charge is 0.491 e. The Balaban J connectivity index is 1.96. The zero-order chi connectivity index (χ0) is 13.3. The predicted octanol–water partition coefficient (Wildman–Crippen LogP) is 3.16. The molecule has 0 aliphatic heterocycles. The number of alkyl halides is 1. The van der Waals surface area contributed by atoms with Crippen molar-refractivity contribution >= 4 is 11.6 Å². The first-order valence-electron chi connectivity index (χ1n) is 6.19. The van der Waals surface area contributed by atoms with E-state index in [4.69, 9.17) is 4.74 Å². The Labute approximate surface area is 106 Å². The van der Waals surface area contributed by atoms with E-state index in [0.29, 0.717) is 12.1 Å². The first-order chi connectivity index (χ1) is 8.41. The molecule has 1 aliphatic carbocycles. The number of carbonyl (C=O) groups excluding carboxylic acids is 1. The quantitative estimate of drug-likeness (QED) is 0.892. The van der Waals surface area contributed by atoms with Crippen molar-refractivity contribution in [2.75, 3.05) is 5.32 Å². The molecule has 1 aliphatic rings. The van der Waals surface area contributed by atoms with E-state index in [-0.39, 0.29) is 12.0 Å². The second-order valence-corrected chi connectivity index (χ2v) is 5.11. The van der Waals surface area contributed by atoms with Crippen LogP contribution < -0.4 is 10.1 Å². The summed E-state index contributed by atoms with van der Waals surface area (Å²) in [4.78, 5) is 11.7. The summed E-state index contributed by atoms with van der Waals surface area (Å²) in [6.45, 7) is 5.62. The summed E-state index contributed by atoms with van der Waals surface area (Å²) in [5.74, 6) is 0.00586. The Kier molecular flexibility index (Phi) is 3.28. The standard InChI is InChI=1S/C14H18FNO2/c1-9(2)18-12-6-4-11(5-7-12)16-13(17)14(15)8-10(14)3/h4-7,9-10H,8H2,1-3H3,(H,16,17). The smallest absolute Gasteiger partial charge is 0.262 e. The van der Waals surface area contributed by atoms with Crippen molar-refractivity contribution in [3.05, 3.63) is 24.3 Å². The highest BCUT2D eigenvalue weighted by Gasteiger charge is 2.58. The molecule has 1 fully saturated rings. The summed E-state index contributed by atoms with van der Waals surface area (Å²) in [6, 6.07) is 6.95. The number of rotatable bonds is 4. The molecule has 0 saturated heterocycles. The fraction of sp³-hybridized carbons (Fsp3) is 0.500. The SMILES string of the molecule is CC(C)Oc1ccc(NC(=O)C2(F)CC2C)cc1. The number of hydrogen-bond donors (Lipinski definition) is 1. The Bertz CT molecular complexity index is 444. The highest BCUT2D eigenvalue weighted by molar-refractivity contribution is 5.99. The Morgan fingerprint density at radius 2 is 2.00 bits per heavy atom. The van der Waals surface area contributed by atoms with Crippen LogP contribution in [-0.4, -0.2) is 17.7 Å². The van der Waals surface area contributed by atoms with Crippen LogP contribution in [0.4, 0.5) is 10.1 Å². The molecule has 0 bridgehead atoms. The fourth-order valence-corrected chi connectivity index (χ4v) is 1.83. The molecular formula is C14H18FNO2. The number of benzene rings is 1. The zero-order valence-corrected chi connectivity index (χ0v) is 10.9. The molecule has 1 aromatic carbocycles. The van der Waals surface area contributed by atoms with Gasteiger partial charge in [-0.15, -0.1) is 0 Å². The van der Waals surface area contributed by atoms with Crippen LogP contribution in [0.3, 0.4) is 0 Å². The van der Waals surface area contributed by atoms with E-state index in [1.165, 1.54) is 0 Å². The van der Waals surface area contributed by atoms with Gasteiger partial charge in [0, 0.05) is 11.6 Å². The monoisotopic (exact) mass is 251 g/mol. The summed E-state index contributed by atoms with van der Waals surface area (Å²) >= 11 is 0. The minimum atomic E-state index is -1.67. The molecule has 1 saturated carbocycles. The molecule has 0 aromatic heterocycles. The van der Waals surface area contributed by atoms with Crippen LogP contribution in [0.15, 0.2) is 24.3 Å². The van der Waals surface area contributed by atoms with Crippen LogP contribution in [0.25, 0.3) is 0 Å². The van der Waals surface area contributed by atoms with Crippen LogP contribution in [0.1, 0.15) is 27.2 Å². The number of anilines is 1. The Morgan fingerprint density at radius 1 is 1.44 bits per heavy atom. The lowest BCUT2D eigenvalue weighted by atomic mass is 10.2. The molecule has 18 heavy (non-hydrogen) atoms. The highest BCUT2D eigenvalue weighted by atomic mass is 19.1. The number of nitrogens with one attached hydrogen (secondary N) is 1. The first-order valence-corrected chi connectivity index (χ1v) is 6.19. The molecule has 2 rings (SSSR count). The van der Waals surface area contributed by atoms with Crippen molar-refractivity contribution in [2.45, 2.75) is 39.0 Å². The molecule has 4 heteroatoms. The molecule has 2 atom stereocenters. The van der Waals surface area contributed by atoms with Crippen molar-refractivity contribution in [1.82, 2.24) is 0 Å². The third-order valence-electron chi connectivity index (χ3n) is 3.09. The molecule has 1 N–H and O–H groups in total. The maximum Gasteiger partial charge on any atom is 0.262 e.